The first-order chi connectivity index (χ1) is 9.93. The molecule has 0 atom stereocenters. The predicted octanol–water partition coefficient (Wildman–Crippen LogP) is 4.81. The lowest BCUT2D eigenvalue weighted by Gasteiger charge is -2.09. The Labute approximate surface area is 131 Å². The van der Waals surface area contributed by atoms with Crippen LogP contribution in [0.1, 0.15) is 5.56 Å². The van der Waals surface area contributed by atoms with Gasteiger partial charge in [-0.3, -0.25) is 10.1 Å². The van der Waals surface area contributed by atoms with E-state index < -0.39 is 10.7 Å². The van der Waals surface area contributed by atoms with E-state index in [1.807, 2.05) is 0 Å². The van der Waals surface area contributed by atoms with Crippen molar-refractivity contribution < 1.29 is 14.1 Å². The predicted molar refractivity (Wildman–Crippen MR) is 77.0 cm³/mol. The van der Waals surface area contributed by atoms with Gasteiger partial charge in [-0.25, -0.2) is 4.39 Å². The van der Waals surface area contributed by atoms with Crippen LogP contribution in [-0.2, 0) is 0 Å². The zero-order valence-corrected chi connectivity index (χ0v) is 12.5. The molecule has 0 aromatic heterocycles. The van der Waals surface area contributed by atoms with E-state index in [0.717, 1.165) is 6.07 Å². The Hall–Kier alpha value is -2.17. The lowest BCUT2D eigenvalue weighted by Crippen LogP contribution is -1.96. The van der Waals surface area contributed by atoms with Crippen LogP contribution in [0.5, 0.6) is 11.5 Å². The van der Waals surface area contributed by atoms with Crippen LogP contribution in [0.2, 0.25) is 5.02 Å². The van der Waals surface area contributed by atoms with Gasteiger partial charge in [-0.15, -0.1) is 0 Å². The topological polar surface area (TPSA) is 76.2 Å². The fourth-order valence-corrected chi connectivity index (χ4v) is 2.11. The van der Waals surface area contributed by atoms with Crippen LogP contribution in [0.15, 0.2) is 34.8 Å². The minimum absolute atomic E-state index is 0.0767. The first-order valence-electron chi connectivity index (χ1n) is 5.44. The van der Waals surface area contributed by atoms with E-state index in [1.54, 1.807) is 6.07 Å². The second-order valence-electron chi connectivity index (χ2n) is 3.82. The first kappa shape index (κ1) is 15.2. The van der Waals surface area contributed by atoms with Crippen LogP contribution in [0, 0.1) is 27.3 Å². The minimum atomic E-state index is -0.830. The maximum Gasteiger partial charge on any atom is 0.311 e. The summed E-state index contributed by atoms with van der Waals surface area (Å²) in [5.41, 5.74) is -0.264. The van der Waals surface area contributed by atoms with Crippen molar-refractivity contribution in [1.82, 2.24) is 0 Å². The molecule has 2 rings (SSSR count). The van der Waals surface area contributed by atoms with Crippen molar-refractivity contribution in [1.29, 1.82) is 5.26 Å². The molecule has 2 aromatic carbocycles. The maximum absolute atomic E-state index is 14.0. The number of hydrogen-bond donors (Lipinski definition) is 0. The quantitative estimate of drug-likeness (QED) is 0.573. The molecule has 0 unspecified atom stereocenters. The number of nitriles is 1. The summed E-state index contributed by atoms with van der Waals surface area (Å²) in [5, 5.41) is 19.9. The highest BCUT2D eigenvalue weighted by atomic mass is 79.9. The van der Waals surface area contributed by atoms with E-state index in [2.05, 4.69) is 15.9 Å². The second kappa shape index (κ2) is 6.08. The van der Waals surface area contributed by atoms with Gasteiger partial charge in [0.1, 0.15) is 6.07 Å². The highest BCUT2D eigenvalue weighted by Gasteiger charge is 2.19. The molecule has 0 saturated carbocycles. The highest BCUT2D eigenvalue weighted by molar-refractivity contribution is 9.10. The van der Waals surface area contributed by atoms with Crippen molar-refractivity contribution in [3.63, 3.8) is 0 Å². The van der Waals surface area contributed by atoms with Gasteiger partial charge in [0.2, 0.25) is 5.75 Å². The molecule has 0 fully saturated rings. The van der Waals surface area contributed by atoms with Crippen molar-refractivity contribution in [2.75, 3.05) is 0 Å². The zero-order valence-electron chi connectivity index (χ0n) is 10.1. The summed E-state index contributed by atoms with van der Waals surface area (Å²) in [5.74, 6) is -1.28. The number of ether oxygens (including phenoxy) is 1. The molecule has 0 amide bonds. The van der Waals surface area contributed by atoms with E-state index in [-0.39, 0.29) is 32.2 Å². The van der Waals surface area contributed by atoms with Gasteiger partial charge in [-0.2, -0.15) is 5.26 Å². The highest BCUT2D eigenvalue weighted by Crippen LogP contribution is 2.36. The molecule has 0 radical (unpaired) electrons. The molecule has 2 aromatic rings. The molecule has 0 bridgehead atoms. The summed E-state index contributed by atoms with van der Waals surface area (Å²) in [6.45, 7) is 0. The van der Waals surface area contributed by atoms with Crippen molar-refractivity contribution in [2.45, 2.75) is 0 Å². The molecule has 106 valence electrons. The van der Waals surface area contributed by atoms with Gasteiger partial charge in [-0.1, -0.05) is 11.6 Å². The summed E-state index contributed by atoms with van der Waals surface area (Å²) in [6, 6.07) is 8.04. The van der Waals surface area contributed by atoms with Crippen molar-refractivity contribution in [2.24, 2.45) is 0 Å². The summed E-state index contributed by atoms with van der Waals surface area (Å²) >= 11 is 8.69. The summed E-state index contributed by atoms with van der Waals surface area (Å²) in [6.07, 6.45) is 0. The Morgan fingerprint density at radius 1 is 1.33 bits per heavy atom. The summed E-state index contributed by atoms with van der Waals surface area (Å²) in [4.78, 5) is 10.2. The van der Waals surface area contributed by atoms with E-state index in [1.165, 1.54) is 24.3 Å². The van der Waals surface area contributed by atoms with E-state index in [9.17, 15) is 14.5 Å². The molecule has 5 nitrogen and oxygen atoms in total. The van der Waals surface area contributed by atoms with E-state index in [0.29, 0.717) is 0 Å². The Kier molecular flexibility index (Phi) is 4.40. The monoisotopic (exact) mass is 370 g/mol. The van der Waals surface area contributed by atoms with Gasteiger partial charge in [0.15, 0.2) is 11.6 Å². The fraction of sp³-hybridized carbons (Fsp3) is 0. The number of benzene rings is 2. The van der Waals surface area contributed by atoms with Crippen LogP contribution in [0.4, 0.5) is 10.1 Å². The van der Waals surface area contributed by atoms with Gasteiger partial charge in [-0.05, 0) is 34.1 Å². The molecule has 0 saturated heterocycles. The van der Waals surface area contributed by atoms with Crippen LogP contribution < -0.4 is 4.74 Å². The molecule has 21 heavy (non-hydrogen) atoms. The first-order valence-corrected chi connectivity index (χ1v) is 6.61. The van der Waals surface area contributed by atoms with Gasteiger partial charge < -0.3 is 4.74 Å². The standard InChI is InChI=1S/C13H5BrClFN2O3/c14-12-7(6-17)1-4-10(13(12)16)21-11-5-8(15)2-3-9(11)18(19)20/h1-5H. The van der Waals surface area contributed by atoms with Crippen LogP contribution in [-0.4, -0.2) is 4.92 Å². The van der Waals surface area contributed by atoms with Crippen molar-refractivity contribution in [3.8, 4) is 17.6 Å². The Morgan fingerprint density at radius 3 is 2.67 bits per heavy atom. The third kappa shape index (κ3) is 3.12. The second-order valence-corrected chi connectivity index (χ2v) is 5.05. The average molecular weight is 372 g/mol. The Morgan fingerprint density at radius 2 is 2.05 bits per heavy atom. The van der Waals surface area contributed by atoms with Crippen molar-refractivity contribution >= 4 is 33.2 Å². The number of hydrogen-bond acceptors (Lipinski definition) is 4. The third-order valence-corrected chi connectivity index (χ3v) is 3.52. The van der Waals surface area contributed by atoms with Crippen LogP contribution >= 0.6 is 27.5 Å². The minimum Gasteiger partial charge on any atom is -0.447 e. The zero-order chi connectivity index (χ0) is 15.6. The van der Waals surface area contributed by atoms with Crippen LogP contribution in [0.25, 0.3) is 0 Å². The average Bonchev–Trinajstić information content (AvgIpc) is 2.44. The number of rotatable bonds is 3. The molecule has 0 aliphatic rings. The van der Waals surface area contributed by atoms with Gasteiger partial charge in [0.25, 0.3) is 0 Å². The Balaban J connectivity index is 2.49. The fourth-order valence-electron chi connectivity index (χ4n) is 1.54. The number of halogens is 3. The maximum atomic E-state index is 14.0. The lowest BCUT2D eigenvalue weighted by molar-refractivity contribution is -0.385. The van der Waals surface area contributed by atoms with E-state index >= 15 is 0 Å². The summed E-state index contributed by atoms with van der Waals surface area (Å²) < 4.78 is 19.2. The molecule has 0 heterocycles. The normalized spacial score (nSPS) is 10.0. The molecule has 0 aliphatic carbocycles. The largest absolute Gasteiger partial charge is 0.447 e. The third-order valence-electron chi connectivity index (χ3n) is 2.51. The lowest BCUT2D eigenvalue weighted by atomic mass is 10.2. The molecule has 0 spiro atoms. The SMILES string of the molecule is N#Cc1ccc(Oc2cc(Cl)ccc2[N+](=O)[O-])c(F)c1Br. The van der Waals surface area contributed by atoms with Crippen LogP contribution in [0.3, 0.4) is 0 Å². The molecule has 8 heteroatoms. The number of nitrogens with zero attached hydrogens (tertiary/aromatic N) is 2. The smallest absolute Gasteiger partial charge is 0.311 e. The van der Waals surface area contributed by atoms with E-state index in [4.69, 9.17) is 21.6 Å². The number of nitro benzene ring substituents is 1. The van der Waals surface area contributed by atoms with Gasteiger partial charge in [0, 0.05) is 17.2 Å². The van der Waals surface area contributed by atoms with Crippen molar-refractivity contribution in [3.05, 3.63) is 61.3 Å². The molecular weight excluding hydrogens is 367 g/mol. The molecule has 0 aliphatic heterocycles. The molecule has 0 N–H and O–H groups in total. The van der Waals surface area contributed by atoms with Gasteiger partial charge in [0.05, 0.1) is 15.0 Å². The number of nitro groups is 1. The molecular formula is C13H5BrClFN2O3. The summed E-state index contributed by atoms with van der Waals surface area (Å²) in [7, 11) is 0. The van der Waals surface area contributed by atoms with Gasteiger partial charge >= 0.3 is 5.69 Å². The Bertz CT molecular complexity index is 777.